The normalized spacial score (nSPS) is 10.9. The summed E-state index contributed by atoms with van der Waals surface area (Å²) < 4.78 is 0. The summed E-state index contributed by atoms with van der Waals surface area (Å²) in [5.74, 6) is -0.196. The van der Waals surface area contributed by atoms with Crippen LogP contribution in [0.25, 0.3) is 21.3 Å². The van der Waals surface area contributed by atoms with Gasteiger partial charge in [0.15, 0.2) is 0 Å². The number of nitrogens with two attached hydrogens (primary N) is 2. The van der Waals surface area contributed by atoms with Gasteiger partial charge in [0.25, 0.3) is 0 Å². The van der Waals surface area contributed by atoms with Crippen molar-refractivity contribution < 1.29 is 4.79 Å². The predicted molar refractivity (Wildman–Crippen MR) is 116 cm³/mol. The van der Waals surface area contributed by atoms with E-state index < -0.39 is 0 Å². The molecule has 0 aliphatic rings. The summed E-state index contributed by atoms with van der Waals surface area (Å²) in [4.78, 5) is 18.2. The zero-order valence-corrected chi connectivity index (χ0v) is 17.1. The summed E-state index contributed by atoms with van der Waals surface area (Å²) in [7, 11) is 0. The number of hydrogen-bond acceptors (Lipinski definition) is 7. The van der Waals surface area contributed by atoms with E-state index in [2.05, 4.69) is 11.1 Å². The van der Waals surface area contributed by atoms with Gasteiger partial charge < -0.3 is 11.5 Å². The largest absolute Gasteiger partial charge is 0.397 e. The summed E-state index contributed by atoms with van der Waals surface area (Å²) in [6, 6.07) is 8.62. The van der Waals surface area contributed by atoms with Gasteiger partial charge in [0.2, 0.25) is 5.78 Å². The Labute approximate surface area is 177 Å². The highest BCUT2D eigenvalue weighted by Gasteiger charge is 2.25. The maximum absolute atomic E-state index is 13.0. The van der Waals surface area contributed by atoms with Crippen LogP contribution in [0.3, 0.4) is 0 Å². The van der Waals surface area contributed by atoms with E-state index in [1.165, 1.54) is 17.4 Å². The number of ketones is 1. The third kappa shape index (κ3) is 2.91. The summed E-state index contributed by atoms with van der Waals surface area (Å²) in [6.45, 7) is 0. The fourth-order valence-corrected chi connectivity index (χ4v) is 4.93. The average molecular weight is 445 g/mol. The van der Waals surface area contributed by atoms with E-state index in [1.807, 2.05) is 16.8 Å². The number of carbonyl (C=O) groups is 1. The van der Waals surface area contributed by atoms with E-state index in [0.29, 0.717) is 31.2 Å². The molecule has 1 aromatic carbocycles. The van der Waals surface area contributed by atoms with Gasteiger partial charge in [-0.15, -0.1) is 11.3 Å². The number of nitriles is 1. The van der Waals surface area contributed by atoms with Crippen LogP contribution in [0.2, 0.25) is 10.0 Å². The molecule has 0 saturated carbocycles. The molecule has 0 amide bonds. The van der Waals surface area contributed by atoms with Crippen LogP contribution in [-0.4, -0.2) is 10.8 Å². The van der Waals surface area contributed by atoms with E-state index in [4.69, 9.17) is 34.7 Å². The molecule has 0 fully saturated rings. The van der Waals surface area contributed by atoms with E-state index in [-0.39, 0.29) is 27.9 Å². The standard InChI is InChI=1S/C19H10Cl2N4OS2/c20-11-2-1-8(5-12(11)21)16(26)17-15(23)14-13(9-3-4-27-7-9)10(6-22)18(24)25-19(14)28-17/h1-5,7H,23H2,(H2,24,25). The number of fused-ring (bicyclic) bond motifs is 1. The van der Waals surface area contributed by atoms with Crippen molar-refractivity contribution in [3.8, 4) is 17.2 Å². The summed E-state index contributed by atoms with van der Waals surface area (Å²) in [6.07, 6.45) is 0. The Kier molecular flexibility index (Phi) is 4.73. The molecule has 0 saturated heterocycles. The maximum atomic E-state index is 13.0. The van der Waals surface area contributed by atoms with Crippen molar-refractivity contribution in [3.63, 3.8) is 0 Å². The zero-order chi connectivity index (χ0) is 20.0. The molecule has 0 radical (unpaired) electrons. The number of anilines is 2. The molecule has 0 bridgehead atoms. The Morgan fingerprint density at radius 2 is 1.96 bits per heavy atom. The second-order valence-electron chi connectivity index (χ2n) is 5.85. The Morgan fingerprint density at radius 1 is 1.18 bits per heavy atom. The third-order valence-electron chi connectivity index (χ3n) is 4.21. The van der Waals surface area contributed by atoms with Crippen LogP contribution in [0, 0.1) is 11.3 Å². The molecule has 3 aromatic heterocycles. The lowest BCUT2D eigenvalue weighted by atomic mass is 9.99. The minimum atomic E-state index is -0.299. The molecule has 0 unspecified atom stereocenters. The highest BCUT2D eigenvalue weighted by atomic mass is 35.5. The number of rotatable bonds is 3. The molecule has 4 N–H and O–H groups in total. The number of thiophene rings is 2. The van der Waals surface area contributed by atoms with Gasteiger partial charge in [0.05, 0.1) is 15.7 Å². The van der Waals surface area contributed by atoms with Gasteiger partial charge in [-0.05, 0) is 40.6 Å². The van der Waals surface area contributed by atoms with Gasteiger partial charge >= 0.3 is 0 Å². The monoisotopic (exact) mass is 444 g/mol. The first-order chi connectivity index (χ1) is 13.4. The number of carbonyl (C=O) groups excluding carboxylic acids is 1. The highest BCUT2D eigenvalue weighted by Crippen LogP contribution is 2.43. The fraction of sp³-hybridized carbons (Fsp3) is 0. The average Bonchev–Trinajstić information content (AvgIpc) is 3.31. The molecular weight excluding hydrogens is 435 g/mol. The molecule has 0 aliphatic heterocycles. The number of aromatic nitrogens is 1. The van der Waals surface area contributed by atoms with Gasteiger partial charge in [-0.3, -0.25) is 4.79 Å². The van der Waals surface area contributed by atoms with E-state index in [0.717, 1.165) is 16.9 Å². The van der Waals surface area contributed by atoms with E-state index in [9.17, 15) is 10.1 Å². The van der Waals surface area contributed by atoms with Crippen LogP contribution in [0.4, 0.5) is 11.5 Å². The van der Waals surface area contributed by atoms with Crippen LogP contribution < -0.4 is 11.5 Å². The Morgan fingerprint density at radius 3 is 2.61 bits per heavy atom. The Bertz CT molecular complexity index is 1290. The number of benzene rings is 1. The number of pyridine rings is 1. The molecule has 138 valence electrons. The van der Waals surface area contributed by atoms with Gasteiger partial charge in [-0.25, -0.2) is 4.98 Å². The molecule has 0 spiro atoms. The fourth-order valence-electron chi connectivity index (χ4n) is 2.92. The zero-order valence-electron chi connectivity index (χ0n) is 14.0. The molecule has 9 heteroatoms. The third-order valence-corrected chi connectivity index (χ3v) is 6.73. The number of nitrogen functional groups attached to an aromatic ring is 2. The minimum Gasteiger partial charge on any atom is -0.397 e. The molecule has 5 nitrogen and oxygen atoms in total. The second-order valence-corrected chi connectivity index (χ2v) is 8.45. The summed E-state index contributed by atoms with van der Waals surface area (Å²) >= 11 is 14.6. The Hall–Kier alpha value is -2.63. The molecule has 0 aliphatic carbocycles. The van der Waals surface area contributed by atoms with Gasteiger partial charge in [0, 0.05) is 16.5 Å². The van der Waals surface area contributed by atoms with Crippen molar-refractivity contribution in [2.45, 2.75) is 0 Å². The summed E-state index contributed by atoms with van der Waals surface area (Å²) in [5, 5.41) is 14.6. The smallest absolute Gasteiger partial charge is 0.205 e. The SMILES string of the molecule is N#Cc1c(N)nc2sc(C(=O)c3ccc(Cl)c(Cl)c3)c(N)c2c1-c1ccsc1. The van der Waals surface area contributed by atoms with Crippen molar-refractivity contribution in [1.82, 2.24) is 4.98 Å². The van der Waals surface area contributed by atoms with Crippen molar-refractivity contribution in [2.24, 2.45) is 0 Å². The van der Waals surface area contributed by atoms with Crippen LogP contribution in [0.5, 0.6) is 0 Å². The molecule has 4 aromatic rings. The Balaban J connectivity index is 1.99. The summed E-state index contributed by atoms with van der Waals surface area (Å²) in [5.41, 5.74) is 14.6. The molecule has 3 heterocycles. The van der Waals surface area contributed by atoms with Crippen LogP contribution in [0.1, 0.15) is 20.8 Å². The number of hydrogen-bond donors (Lipinski definition) is 2. The lowest BCUT2D eigenvalue weighted by Gasteiger charge is -2.07. The quantitative estimate of drug-likeness (QED) is 0.400. The van der Waals surface area contributed by atoms with Gasteiger partial charge in [-0.2, -0.15) is 16.6 Å². The number of nitrogens with zero attached hydrogens (tertiary/aromatic N) is 2. The highest BCUT2D eigenvalue weighted by molar-refractivity contribution is 7.21. The van der Waals surface area contributed by atoms with Crippen LogP contribution in [0.15, 0.2) is 35.0 Å². The van der Waals surface area contributed by atoms with Crippen molar-refractivity contribution in [3.05, 3.63) is 61.1 Å². The lowest BCUT2D eigenvalue weighted by molar-refractivity contribution is 0.104. The maximum Gasteiger partial charge on any atom is 0.205 e. The number of halogens is 2. The first-order valence-electron chi connectivity index (χ1n) is 7.86. The first kappa shape index (κ1) is 18.7. The molecular formula is C19H10Cl2N4OS2. The second kappa shape index (κ2) is 7.08. The van der Waals surface area contributed by atoms with E-state index >= 15 is 0 Å². The topological polar surface area (TPSA) is 106 Å². The predicted octanol–water partition coefficient (Wildman–Crippen LogP) is 5.60. The van der Waals surface area contributed by atoms with Crippen molar-refractivity contribution >= 4 is 73.4 Å². The molecule has 0 atom stereocenters. The lowest BCUT2D eigenvalue weighted by Crippen LogP contribution is -2.02. The minimum absolute atomic E-state index is 0.103. The van der Waals surface area contributed by atoms with E-state index in [1.54, 1.807) is 12.1 Å². The van der Waals surface area contributed by atoms with Crippen molar-refractivity contribution in [2.75, 3.05) is 11.5 Å². The van der Waals surface area contributed by atoms with Gasteiger partial charge in [-0.1, -0.05) is 23.2 Å². The molecule has 4 rings (SSSR count). The first-order valence-corrected chi connectivity index (χ1v) is 10.4. The van der Waals surface area contributed by atoms with Gasteiger partial charge in [0.1, 0.15) is 27.2 Å². The van der Waals surface area contributed by atoms with Crippen LogP contribution in [-0.2, 0) is 0 Å². The van der Waals surface area contributed by atoms with Crippen molar-refractivity contribution in [1.29, 1.82) is 5.26 Å². The van der Waals surface area contributed by atoms with Crippen LogP contribution >= 0.6 is 45.9 Å². The molecule has 28 heavy (non-hydrogen) atoms.